The predicted octanol–water partition coefficient (Wildman–Crippen LogP) is -2.37. The van der Waals surface area contributed by atoms with Crippen LogP contribution in [0, 0.1) is 0 Å². The monoisotopic (exact) mass is 258 g/mol. The van der Waals surface area contributed by atoms with Gasteiger partial charge in [0, 0.05) is 6.54 Å². The molecule has 0 aromatic rings. The molecule has 1 rings (SSSR count). The van der Waals surface area contributed by atoms with Crippen molar-refractivity contribution in [3.63, 3.8) is 0 Å². The highest BCUT2D eigenvalue weighted by Gasteiger charge is 2.43. The Morgan fingerprint density at radius 1 is 1.44 bits per heavy atom. The van der Waals surface area contributed by atoms with Gasteiger partial charge in [0.2, 0.25) is 0 Å². The van der Waals surface area contributed by atoms with Gasteiger partial charge in [0.15, 0.2) is 6.17 Å². The Morgan fingerprint density at radius 2 is 2.00 bits per heavy atom. The highest BCUT2D eigenvalue weighted by atomic mass is 32.2. The fraction of sp³-hybridized carbons (Fsp3) is 1.00. The molecule has 0 aliphatic carbocycles. The maximum absolute atomic E-state index is 13.4. The second-order valence-corrected chi connectivity index (χ2v) is 5.08. The van der Waals surface area contributed by atoms with Crippen LogP contribution in [0.25, 0.3) is 0 Å². The van der Waals surface area contributed by atoms with Gasteiger partial charge in [-0.3, -0.25) is 0 Å². The Labute approximate surface area is 92.6 Å². The van der Waals surface area contributed by atoms with E-state index in [1.807, 2.05) is 4.72 Å². The third-order valence-corrected chi connectivity index (χ3v) is 2.96. The summed E-state index contributed by atoms with van der Waals surface area (Å²) < 4.78 is 41.5. The molecule has 9 heteroatoms. The number of hydrogen-bond acceptors (Lipinski definition) is 5. The van der Waals surface area contributed by atoms with Gasteiger partial charge < -0.3 is 14.9 Å². The second-order valence-electron chi connectivity index (χ2n) is 3.70. The Hall–Kier alpha value is -0.320. The molecule has 5 atom stereocenters. The van der Waals surface area contributed by atoms with Gasteiger partial charge in [-0.2, -0.15) is 13.1 Å². The number of hydrogen-bond donors (Lipinski definition) is 4. The molecule has 0 aromatic carbocycles. The zero-order valence-corrected chi connectivity index (χ0v) is 9.39. The largest absolute Gasteiger partial charge is 0.388 e. The minimum Gasteiger partial charge on any atom is -0.388 e. The number of ether oxygens (including phenoxy) is 1. The molecule has 0 amide bonds. The number of aliphatic hydroxyl groups excluding tert-OH is 2. The van der Waals surface area contributed by atoms with E-state index < -0.39 is 47.3 Å². The highest BCUT2D eigenvalue weighted by Crippen LogP contribution is 2.22. The SMILES string of the molecule is CC1OC(CNS(N)(=O)=O)C(F)[C@H](O)[C@@H]1O. The van der Waals surface area contributed by atoms with E-state index in [9.17, 15) is 23.0 Å². The second kappa shape index (κ2) is 4.90. The Balaban J connectivity index is 2.61. The summed E-state index contributed by atoms with van der Waals surface area (Å²) in [5, 5.41) is 23.3. The molecule has 1 aliphatic heterocycles. The molecule has 0 spiro atoms. The number of aliphatic hydroxyl groups is 2. The molecule has 0 aromatic heterocycles. The van der Waals surface area contributed by atoms with Crippen molar-refractivity contribution in [1.29, 1.82) is 0 Å². The first-order valence-corrected chi connectivity index (χ1v) is 6.20. The van der Waals surface area contributed by atoms with Crippen molar-refractivity contribution < 1.29 is 27.8 Å². The summed E-state index contributed by atoms with van der Waals surface area (Å²) in [5.41, 5.74) is 0. The number of nitrogens with one attached hydrogen (secondary N) is 1. The first kappa shape index (κ1) is 13.7. The van der Waals surface area contributed by atoms with Crippen molar-refractivity contribution in [1.82, 2.24) is 4.72 Å². The van der Waals surface area contributed by atoms with E-state index >= 15 is 0 Å². The summed E-state index contributed by atoms with van der Waals surface area (Å²) in [6.07, 6.45) is -6.77. The van der Waals surface area contributed by atoms with E-state index in [0.29, 0.717) is 0 Å². The van der Waals surface area contributed by atoms with Gasteiger partial charge in [-0.25, -0.2) is 9.53 Å². The molecule has 7 nitrogen and oxygen atoms in total. The van der Waals surface area contributed by atoms with Crippen LogP contribution in [0.2, 0.25) is 0 Å². The van der Waals surface area contributed by atoms with E-state index in [4.69, 9.17) is 4.74 Å². The number of rotatable bonds is 3. The summed E-state index contributed by atoms with van der Waals surface area (Å²) in [6.45, 7) is 1.05. The van der Waals surface area contributed by atoms with Crippen molar-refractivity contribution in [3.05, 3.63) is 0 Å². The molecule has 1 heterocycles. The van der Waals surface area contributed by atoms with Gasteiger partial charge in [0.25, 0.3) is 10.2 Å². The maximum atomic E-state index is 13.4. The Bertz CT molecular complexity index is 338. The summed E-state index contributed by atoms with van der Waals surface area (Å²) in [5.74, 6) is 0. The lowest BCUT2D eigenvalue weighted by Gasteiger charge is -2.38. The molecular weight excluding hydrogens is 243 g/mol. The quantitative estimate of drug-likeness (QED) is 0.450. The van der Waals surface area contributed by atoms with Crippen molar-refractivity contribution in [2.75, 3.05) is 6.54 Å². The average molecular weight is 258 g/mol. The first-order valence-electron chi connectivity index (χ1n) is 4.65. The van der Waals surface area contributed by atoms with Crippen LogP contribution in [0.5, 0.6) is 0 Å². The van der Waals surface area contributed by atoms with Crippen LogP contribution in [0.3, 0.4) is 0 Å². The Morgan fingerprint density at radius 3 is 2.50 bits per heavy atom. The van der Waals surface area contributed by atoms with Crippen LogP contribution in [0.15, 0.2) is 0 Å². The van der Waals surface area contributed by atoms with Crippen LogP contribution >= 0.6 is 0 Å². The predicted molar refractivity (Wildman–Crippen MR) is 52.4 cm³/mol. The molecule has 3 unspecified atom stereocenters. The minimum atomic E-state index is -3.94. The highest BCUT2D eigenvalue weighted by molar-refractivity contribution is 7.87. The van der Waals surface area contributed by atoms with Gasteiger partial charge in [-0.05, 0) is 6.92 Å². The van der Waals surface area contributed by atoms with Gasteiger partial charge in [-0.1, -0.05) is 0 Å². The average Bonchev–Trinajstić information content (AvgIpc) is 2.17. The summed E-state index contributed by atoms with van der Waals surface area (Å²) >= 11 is 0. The smallest absolute Gasteiger partial charge is 0.274 e. The topological polar surface area (TPSA) is 122 Å². The number of halogens is 1. The minimum absolute atomic E-state index is 0.395. The molecular formula is C7H15FN2O5S. The molecule has 5 N–H and O–H groups in total. The van der Waals surface area contributed by atoms with Crippen molar-refractivity contribution in [2.24, 2.45) is 5.14 Å². The lowest BCUT2D eigenvalue weighted by Crippen LogP contribution is -2.57. The molecule has 1 aliphatic rings. The third-order valence-electron chi connectivity index (χ3n) is 2.39. The fourth-order valence-electron chi connectivity index (χ4n) is 1.48. The molecule has 16 heavy (non-hydrogen) atoms. The van der Waals surface area contributed by atoms with Crippen LogP contribution < -0.4 is 9.86 Å². The van der Waals surface area contributed by atoms with Crippen molar-refractivity contribution in [3.8, 4) is 0 Å². The summed E-state index contributed by atoms with van der Waals surface area (Å²) in [4.78, 5) is 0. The van der Waals surface area contributed by atoms with E-state index in [0.717, 1.165) is 0 Å². The summed E-state index contributed by atoms with van der Waals surface area (Å²) in [7, 11) is -3.94. The zero-order valence-electron chi connectivity index (χ0n) is 8.58. The maximum Gasteiger partial charge on any atom is 0.274 e. The zero-order chi connectivity index (χ0) is 12.5. The lowest BCUT2D eigenvalue weighted by atomic mass is 9.97. The van der Waals surface area contributed by atoms with Crippen molar-refractivity contribution >= 4 is 10.2 Å². The standard InChI is InChI=1S/C7H15FN2O5S/c1-3-6(11)7(12)5(8)4(15-3)2-10-16(9,13)14/h3-7,10-12H,2H2,1H3,(H2,9,13,14)/t3?,4?,5?,6-,7+/m1/s1. The molecule has 0 radical (unpaired) electrons. The van der Waals surface area contributed by atoms with E-state index in [2.05, 4.69) is 5.14 Å². The van der Waals surface area contributed by atoms with Crippen LogP contribution in [0.1, 0.15) is 6.92 Å². The molecule has 96 valence electrons. The number of nitrogens with two attached hydrogens (primary N) is 1. The van der Waals surface area contributed by atoms with E-state index in [1.54, 1.807) is 0 Å². The van der Waals surface area contributed by atoms with Crippen molar-refractivity contribution in [2.45, 2.75) is 37.5 Å². The van der Waals surface area contributed by atoms with Crippen LogP contribution in [0.4, 0.5) is 4.39 Å². The first-order chi connectivity index (χ1) is 7.22. The van der Waals surface area contributed by atoms with Crippen LogP contribution in [-0.4, -0.2) is 55.8 Å². The van der Waals surface area contributed by atoms with Gasteiger partial charge >= 0.3 is 0 Å². The Kier molecular flexibility index (Phi) is 4.21. The van der Waals surface area contributed by atoms with Crippen LogP contribution in [-0.2, 0) is 14.9 Å². The molecule has 0 bridgehead atoms. The molecule has 0 saturated carbocycles. The van der Waals surface area contributed by atoms with E-state index in [-0.39, 0.29) is 0 Å². The normalized spacial score (nSPS) is 40.9. The fourth-order valence-corrected chi connectivity index (χ4v) is 1.87. The van der Waals surface area contributed by atoms with E-state index in [1.165, 1.54) is 6.92 Å². The number of alkyl halides is 1. The van der Waals surface area contributed by atoms with Gasteiger partial charge in [0.05, 0.1) is 6.10 Å². The molecule has 1 saturated heterocycles. The summed E-state index contributed by atoms with van der Waals surface area (Å²) in [6, 6.07) is 0. The van der Waals surface area contributed by atoms with Gasteiger partial charge in [0.1, 0.15) is 18.3 Å². The lowest BCUT2D eigenvalue weighted by molar-refractivity contribution is -0.195. The third kappa shape index (κ3) is 3.34. The molecule has 1 fully saturated rings. The van der Waals surface area contributed by atoms with Gasteiger partial charge in [-0.15, -0.1) is 0 Å².